The van der Waals surface area contributed by atoms with E-state index in [1.807, 2.05) is 0 Å². The third-order valence-electron chi connectivity index (χ3n) is 9.64. The Hall–Kier alpha value is -5.34. The Kier molecular flexibility index (Phi) is 6.24. The fraction of sp³-hybridized carbons (Fsp3) is 0.136. The van der Waals surface area contributed by atoms with Gasteiger partial charge in [-0.2, -0.15) is 0 Å². The second kappa shape index (κ2) is 10.6. The van der Waals surface area contributed by atoms with Crippen molar-refractivity contribution in [3.8, 4) is 33.8 Å². The molecular weight excluding hydrogens is 560 g/mol. The molecule has 9 aromatic rings. The minimum Gasteiger partial charge on any atom is -0.493 e. The number of hydrogen-bond acceptors (Lipinski definition) is 2. The molecule has 0 unspecified atom stereocenters. The molecule has 2 heteroatoms. The van der Waals surface area contributed by atoms with Gasteiger partial charge in [0, 0.05) is 11.1 Å². The van der Waals surface area contributed by atoms with Gasteiger partial charge in [0.25, 0.3) is 0 Å². The van der Waals surface area contributed by atoms with Gasteiger partial charge in [0.2, 0.25) is 0 Å². The number of hydrogen-bond donors (Lipinski definition) is 0. The zero-order chi connectivity index (χ0) is 30.8. The van der Waals surface area contributed by atoms with E-state index in [1.54, 1.807) is 0 Å². The lowest BCUT2D eigenvalue weighted by molar-refractivity contribution is 0.311. The molecule has 0 atom stereocenters. The Labute approximate surface area is 268 Å². The molecule has 0 spiro atoms. The maximum absolute atomic E-state index is 6.62. The van der Waals surface area contributed by atoms with Crippen LogP contribution >= 0.6 is 0 Å². The summed E-state index contributed by atoms with van der Waals surface area (Å²) in [6, 6.07) is 44.7. The zero-order valence-electron chi connectivity index (χ0n) is 26.2. The van der Waals surface area contributed by atoms with Crippen molar-refractivity contribution in [3.63, 3.8) is 0 Å². The van der Waals surface area contributed by atoms with E-state index in [0.717, 1.165) is 35.5 Å². The lowest BCUT2D eigenvalue weighted by Crippen LogP contribution is -2.02. The third-order valence-corrected chi connectivity index (χ3v) is 9.64. The quantitative estimate of drug-likeness (QED) is 0.163. The predicted molar refractivity (Wildman–Crippen MR) is 196 cm³/mol. The summed E-state index contributed by atoms with van der Waals surface area (Å²) in [6.07, 6.45) is 1.86. The molecule has 0 radical (unpaired) electrons. The standard InChI is InChI=1S/C44H34O2/c1-3-23-45-39-25-38(34-20-16-32-14-12-28-8-6-10-30-18-22-36(34)44(32)42(28)30)40(46-24-4-2)26-37(39)33-19-15-31-13-11-27-7-5-9-29-17-21-35(33)43(31)41(27)29/h5-22,25-26H,3-4,23-24H2,1-2H3. The van der Waals surface area contributed by atoms with E-state index < -0.39 is 0 Å². The summed E-state index contributed by atoms with van der Waals surface area (Å²) in [5.74, 6) is 1.78. The number of benzene rings is 9. The normalized spacial score (nSPS) is 12.0. The van der Waals surface area contributed by atoms with Gasteiger partial charge >= 0.3 is 0 Å². The summed E-state index contributed by atoms with van der Waals surface area (Å²) in [6.45, 7) is 5.62. The van der Waals surface area contributed by atoms with Crippen LogP contribution in [0.2, 0.25) is 0 Å². The fourth-order valence-electron chi connectivity index (χ4n) is 7.58. The molecule has 0 aromatic heterocycles. The van der Waals surface area contributed by atoms with Crippen LogP contribution in [0.5, 0.6) is 11.5 Å². The van der Waals surface area contributed by atoms with E-state index >= 15 is 0 Å². The first kappa shape index (κ1) is 27.0. The lowest BCUT2D eigenvalue weighted by atomic mass is 9.87. The SMILES string of the molecule is CCCOc1cc(-c2ccc3ccc4cccc5ccc2c3c45)c(OCCC)cc1-c1ccc2ccc3cccc4ccc1c2c34. The summed E-state index contributed by atoms with van der Waals surface area (Å²) >= 11 is 0. The molecule has 0 amide bonds. The van der Waals surface area contributed by atoms with E-state index in [1.165, 1.54) is 75.8 Å². The predicted octanol–water partition coefficient (Wildman–Crippen LogP) is 12.4. The van der Waals surface area contributed by atoms with E-state index in [4.69, 9.17) is 9.47 Å². The fourth-order valence-corrected chi connectivity index (χ4v) is 7.58. The van der Waals surface area contributed by atoms with E-state index in [2.05, 4.69) is 135 Å². The van der Waals surface area contributed by atoms with Crippen LogP contribution in [0, 0.1) is 0 Å². The van der Waals surface area contributed by atoms with Gasteiger partial charge < -0.3 is 9.47 Å². The van der Waals surface area contributed by atoms with E-state index in [9.17, 15) is 0 Å². The highest BCUT2D eigenvalue weighted by atomic mass is 16.5. The molecule has 0 saturated carbocycles. The molecule has 0 N–H and O–H groups in total. The van der Waals surface area contributed by atoms with Gasteiger partial charge in [-0.15, -0.1) is 0 Å². The van der Waals surface area contributed by atoms with Crippen molar-refractivity contribution >= 4 is 64.6 Å². The highest BCUT2D eigenvalue weighted by molar-refractivity contribution is 6.27. The minimum absolute atomic E-state index is 0.645. The Morgan fingerprint density at radius 2 is 0.717 bits per heavy atom. The van der Waals surface area contributed by atoms with Crippen molar-refractivity contribution in [1.29, 1.82) is 0 Å². The van der Waals surface area contributed by atoms with Crippen LogP contribution in [-0.4, -0.2) is 13.2 Å². The van der Waals surface area contributed by atoms with Crippen LogP contribution < -0.4 is 9.47 Å². The molecule has 0 bridgehead atoms. The molecule has 0 aliphatic carbocycles. The largest absolute Gasteiger partial charge is 0.493 e. The second-order valence-electron chi connectivity index (χ2n) is 12.5. The summed E-state index contributed by atoms with van der Waals surface area (Å²) in [5.41, 5.74) is 4.47. The van der Waals surface area contributed by atoms with E-state index in [-0.39, 0.29) is 0 Å². The number of ether oxygens (including phenoxy) is 2. The van der Waals surface area contributed by atoms with Crippen LogP contribution in [0.3, 0.4) is 0 Å². The topological polar surface area (TPSA) is 18.5 Å². The Bertz CT molecular complexity index is 2350. The van der Waals surface area contributed by atoms with Crippen molar-refractivity contribution in [3.05, 3.63) is 121 Å². The van der Waals surface area contributed by atoms with Crippen LogP contribution in [0.1, 0.15) is 26.7 Å². The van der Waals surface area contributed by atoms with Crippen LogP contribution in [-0.2, 0) is 0 Å². The van der Waals surface area contributed by atoms with Gasteiger partial charge in [0.15, 0.2) is 0 Å². The minimum atomic E-state index is 0.645. The molecule has 9 aromatic carbocycles. The molecule has 46 heavy (non-hydrogen) atoms. The average Bonchev–Trinajstić information content (AvgIpc) is 3.11. The lowest BCUT2D eigenvalue weighted by Gasteiger charge is -2.21. The molecule has 9 rings (SSSR count). The summed E-state index contributed by atoms with van der Waals surface area (Å²) in [7, 11) is 0. The first-order valence-electron chi connectivity index (χ1n) is 16.5. The van der Waals surface area contributed by atoms with Crippen LogP contribution in [0.4, 0.5) is 0 Å². The molecule has 0 aliphatic rings. The molecule has 0 saturated heterocycles. The molecule has 0 fully saturated rings. The molecule has 0 heterocycles. The van der Waals surface area contributed by atoms with Crippen molar-refractivity contribution in [2.24, 2.45) is 0 Å². The highest BCUT2D eigenvalue weighted by Gasteiger charge is 2.21. The van der Waals surface area contributed by atoms with Crippen molar-refractivity contribution in [2.45, 2.75) is 26.7 Å². The van der Waals surface area contributed by atoms with Gasteiger partial charge in [0.05, 0.1) is 13.2 Å². The van der Waals surface area contributed by atoms with Gasteiger partial charge in [-0.1, -0.05) is 123 Å². The molecule has 0 aliphatic heterocycles. The van der Waals surface area contributed by atoms with Crippen molar-refractivity contribution in [1.82, 2.24) is 0 Å². The monoisotopic (exact) mass is 594 g/mol. The highest BCUT2D eigenvalue weighted by Crippen LogP contribution is 2.48. The summed E-state index contributed by atoms with van der Waals surface area (Å²) < 4.78 is 13.2. The maximum Gasteiger partial charge on any atom is 0.128 e. The second-order valence-corrected chi connectivity index (χ2v) is 12.5. The van der Waals surface area contributed by atoms with E-state index in [0.29, 0.717) is 13.2 Å². The third kappa shape index (κ3) is 4.03. The maximum atomic E-state index is 6.62. The molecule has 222 valence electrons. The first-order valence-corrected chi connectivity index (χ1v) is 16.5. The van der Waals surface area contributed by atoms with Gasteiger partial charge in [-0.05, 0) is 101 Å². The van der Waals surface area contributed by atoms with Crippen molar-refractivity contribution < 1.29 is 9.47 Å². The Morgan fingerprint density at radius 3 is 1.11 bits per heavy atom. The summed E-state index contributed by atoms with van der Waals surface area (Å²) in [4.78, 5) is 0. The van der Waals surface area contributed by atoms with Gasteiger partial charge in [-0.3, -0.25) is 0 Å². The zero-order valence-corrected chi connectivity index (χ0v) is 26.2. The Morgan fingerprint density at radius 1 is 0.370 bits per heavy atom. The van der Waals surface area contributed by atoms with Gasteiger partial charge in [-0.25, -0.2) is 0 Å². The summed E-state index contributed by atoms with van der Waals surface area (Å²) in [5, 5.41) is 15.3. The smallest absolute Gasteiger partial charge is 0.128 e. The van der Waals surface area contributed by atoms with Crippen LogP contribution in [0.25, 0.3) is 86.9 Å². The Balaban J connectivity index is 1.33. The number of rotatable bonds is 8. The first-order chi connectivity index (χ1) is 22.7. The van der Waals surface area contributed by atoms with Crippen LogP contribution in [0.15, 0.2) is 121 Å². The van der Waals surface area contributed by atoms with Gasteiger partial charge in [0.1, 0.15) is 11.5 Å². The molecular formula is C44H34O2. The average molecular weight is 595 g/mol. The molecule has 2 nitrogen and oxygen atoms in total. The van der Waals surface area contributed by atoms with Crippen molar-refractivity contribution in [2.75, 3.05) is 13.2 Å².